The predicted octanol–water partition coefficient (Wildman–Crippen LogP) is 4.47. The maximum atomic E-state index is 11.8. The molecule has 0 heterocycles. The molecule has 0 aliphatic heterocycles. The van der Waals surface area contributed by atoms with E-state index < -0.39 is 11.3 Å². The van der Waals surface area contributed by atoms with Crippen molar-refractivity contribution in [1.29, 1.82) is 0 Å². The number of alkyl halides is 1. The Balaban J connectivity index is 1.93. The largest absolute Gasteiger partial charge is 0.459 e. The molecular formula is C15H12BrClO2. The van der Waals surface area contributed by atoms with Crippen LogP contribution in [0.25, 0.3) is 0 Å². The van der Waals surface area contributed by atoms with Gasteiger partial charge in [0.1, 0.15) is 6.61 Å². The molecule has 2 aromatic carbocycles. The average Bonchev–Trinajstić information content (AvgIpc) is 2.46. The van der Waals surface area contributed by atoms with Crippen LogP contribution in [0, 0.1) is 0 Å². The first kappa shape index (κ1) is 14.1. The van der Waals surface area contributed by atoms with Crippen LogP contribution in [0.3, 0.4) is 0 Å². The van der Waals surface area contributed by atoms with E-state index in [1.54, 1.807) is 12.1 Å². The summed E-state index contributed by atoms with van der Waals surface area (Å²) in [6, 6.07) is 16.8. The van der Waals surface area contributed by atoms with Gasteiger partial charge in [0.2, 0.25) is 0 Å². The number of hydrogen-bond acceptors (Lipinski definition) is 2. The third-order valence-electron chi connectivity index (χ3n) is 2.59. The second-order valence-electron chi connectivity index (χ2n) is 4.01. The van der Waals surface area contributed by atoms with E-state index in [-0.39, 0.29) is 6.61 Å². The quantitative estimate of drug-likeness (QED) is 0.607. The molecule has 2 aromatic rings. The Morgan fingerprint density at radius 3 is 2.37 bits per heavy atom. The topological polar surface area (TPSA) is 26.3 Å². The molecule has 2 nitrogen and oxygen atoms in total. The Hall–Kier alpha value is -1.32. The fourth-order valence-corrected chi connectivity index (χ4v) is 2.04. The highest BCUT2D eigenvalue weighted by Crippen LogP contribution is 2.22. The van der Waals surface area contributed by atoms with Crippen LogP contribution < -0.4 is 0 Å². The van der Waals surface area contributed by atoms with Gasteiger partial charge in [-0.1, -0.05) is 58.4 Å². The lowest BCUT2D eigenvalue weighted by Gasteiger charge is -2.10. The normalized spacial score (nSPS) is 11.9. The third-order valence-corrected chi connectivity index (χ3v) is 3.55. The zero-order valence-electron chi connectivity index (χ0n) is 10.1. The first-order valence-corrected chi connectivity index (χ1v) is 7.00. The highest BCUT2D eigenvalue weighted by Gasteiger charge is 2.18. The van der Waals surface area contributed by atoms with Crippen LogP contribution >= 0.6 is 27.5 Å². The Morgan fingerprint density at radius 2 is 1.74 bits per heavy atom. The molecule has 0 saturated heterocycles. The summed E-state index contributed by atoms with van der Waals surface area (Å²) < 4.78 is 6.19. The third kappa shape index (κ3) is 4.08. The molecule has 0 aliphatic carbocycles. The van der Waals surface area contributed by atoms with Crippen LogP contribution in [0.5, 0.6) is 0 Å². The lowest BCUT2D eigenvalue weighted by molar-refractivity contribution is -0.144. The molecule has 0 amide bonds. The molecule has 0 bridgehead atoms. The summed E-state index contributed by atoms with van der Waals surface area (Å²) in [6.07, 6.45) is 0. The zero-order valence-corrected chi connectivity index (χ0v) is 12.4. The minimum Gasteiger partial charge on any atom is -0.459 e. The molecule has 2 rings (SSSR count). The van der Waals surface area contributed by atoms with Crippen LogP contribution in [-0.2, 0) is 16.1 Å². The molecule has 4 heteroatoms. The summed E-state index contributed by atoms with van der Waals surface area (Å²) in [6.45, 7) is 0.224. The molecule has 98 valence electrons. The summed E-state index contributed by atoms with van der Waals surface area (Å²) in [5, 5.41) is -0.767. The molecule has 19 heavy (non-hydrogen) atoms. The fraction of sp³-hybridized carbons (Fsp3) is 0.133. The lowest BCUT2D eigenvalue weighted by atomic mass is 10.1. The average molecular weight is 340 g/mol. The molecule has 0 aromatic heterocycles. The van der Waals surface area contributed by atoms with Crippen molar-refractivity contribution in [3.63, 3.8) is 0 Å². The number of carbonyl (C=O) groups is 1. The van der Waals surface area contributed by atoms with Gasteiger partial charge in [-0.15, -0.1) is 11.6 Å². The highest BCUT2D eigenvalue weighted by molar-refractivity contribution is 9.10. The van der Waals surface area contributed by atoms with Gasteiger partial charge in [0.05, 0.1) is 0 Å². The van der Waals surface area contributed by atoms with Crippen LogP contribution in [0.4, 0.5) is 0 Å². The number of benzene rings is 2. The Bertz CT molecular complexity index is 540. The van der Waals surface area contributed by atoms with Crippen molar-refractivity contribution < 1.29 is 9.53 Å². The van der Waals surface area contributed by atoms with E-state index >= 15 is 0 Å². The first-order chi connectivity index (χ1) is 9.16. The lowest BCUT2D eigenvalue weighted by Crippen LogP contribution is -2.11. The SMILES string of the molecule is O=C(OCc1ccc(Br)cc1)C(Cl)c1ccccc1. The van der Waals surface area contributed by atoms with Crippen molar-refractivity contribution in [2.75, 3.05) is 0 Å². The Morgan fingerprint density at radius 1 is 1.11 bits per heavy atom. The van der Waals surface area contributed by atoms with Gasteiger partial charge in [-0.05, 0) is 23.3 Å². The van der Waals surface area contributed by atoms with Gasteiger partial charge in [-0.2, -0.15) is 0 Å². The van der Waals surface area contributed by atoms with Gasteiger partial charge in [-0.3, -0.25) is 4.79 Å². The monoisotopic (exact) mass is 338 g/mol. The maximum absolute atomic E-state index is 11.8. The highest BCUT2D eigenvalue weighted by atomic mass is 79.9. The van der Waals surface area contributed by atoms with Crippen LogP contribution in [0.2, 0.25) is 0 Å². The Labute approximate surface area is 125 Å². The molecule has 0 saturated carbocycles. The molecule has 0 radical (unpaired) electrons. The van der Waals surface area contributed by atoms with Crippen molar-refractivity contribution in [2.45, 2.75) is 12.0 Å². The van der Waals surface area contributed by atoms with Crippen molar-refractivity contribution in [2.24, 2.45) is 0 Å². The van der Waals surface area contributed by atoms with Crippen molar-refractivity contribution >= 4 is 33.5 Å². The molecular weight excluding hydrogens is 328 g/mol. The van der Waals surface area contributed by atoms with E-state index in [1.807, 2.05) is 42.5 Å². The van der Waals surface area contributed by atoms with E-state index in [9.17, 15) is 4.79 Å². The van der Waals surface area contributed by atoms with Gasteiger partial charge in [-0.25, -0.2) is 0 Å². The van der Waals surface area contributed by atoms with Crippen LogP contribution in [0.15, 0.2) is 59.1 Å². The molecule has 0 aliphatic rings. The van der Waals surface area contributed by atoms with E-state index in [4.69, 9.17) is 16.3 Å². The summed E-state index contributed by atoms with van der Waals surface area (Å²) >= 11 is 9.42. The van der Waals surface area contributed by atoms with E-state index in [0.717, 1.165) is 15.6 Å². The number of rotatable bonds is 4. The maximum Gasteiger partial charge on any atom is 0.328 e. The smallest absolute Gasteiger partial charge is 0.328 e. The van der Waals surface area contributed by atoms with E-state index in [1.165, 1.54) is 0 Å². The van der Waals surface area contributed by atoms with Gasteiger partial charge in [0.25, 0.3) is 0 Å². The predicted molar refractivity (Wildman–Crippen MR) is 79.0 cm³/mol. The summed E-state index contributed by atoms with van der Waals surface area (Å²) in [5.41, 5.74) is 1.67. The molecule has 0 N–H and O–H groups in total. The molecule has 1 unspecified atom stereocenters. The van der Waals surface area contributed by atoms with Gasteiger partial charge in [0.15, 0.2) is 5.38 Å². The first-order valence-electron chi connectivity index (χ1n) is 5.77. The zero-order chi connectivity index (χ0) is 13.7. The van der Waals surface area contributed by atoms with Crippen molar-refractivity contribution in [3.8, 4) is 0 Å². The van der Waals surface area contributed by atoms with E-state index in [0.29, 0.717) is 0 Å². The van der Waals surface area contributed by atoms with E-state index in [2.05, 4.69) is 15.9 Å². The minimum absolute atomic E-state index is 0.224. The van der Waals surface area contributed by atoms with Crippen LogP contribution in [0.1, 0.15) is 16.5 Å². The standard InChI is InChI=1S/C15H12BrClO2/c16-13-8-6-11(7-9-13)10-19-15(18)14(17)12-4-2-1-3-5-12/h1-9,14H,10H2. The second kappa shape index (κ2) is 6.73. The molecule has 1 atom stereocenters. The number of halogens is 2. The Kier molecular flexibility index (Phi) is 5.00. The van der Waals surface area contributed by atoms with Gasteiger partial charge < -0.3 is 4.74 Å². The molecule has 0 fully saturated rings. The summed E-state index contributed by atoms with van der Waals surface area (Å²) in [5.74, 6) is -0.434. The molecule has 0 spiro atoms. The minimum atomic E-state index is -0.767. The second-order valence-corrected chi connectivity index (χ2v) is 5.36. The van der Waals surface area contributed by atoms with Crippen molar-refractivity contribution in [1.82, 2.24) is 0 Å². The number of carbonyl (C=O) groups excluding carboxylic acids is 1. The van der Waals surface area contributed by atoms with Crippen molar-refractivity contribution in [3.05, 3.63) is 70.2 Å². The van der Waals surface area contributed by atoms with Crippen LogP contribution in [-0.4, -0.2) is 5.97 Å². The van der Waals surface area contributed by atoms with Gasteiger partial charge in [0, 0.05) is 4.47 Å². The number of ether oxygens (including phenoxy) is 1. The summed E-state index contributed by atoms with van der Waals surface area (Å²) in [4.78, 5) is 11.8. The van der Waals surface area contributed by atoms with Gasteiger partial charge >= 0.3 is 5.97 Å². The number of hydrogen-bond donors (Lipinski definition) is 0. The number of esters is 1. The fourth-order valence-electron chi connectivity index (χ4n) is 1.57. The summed E-state index contributed by atoms with van der Waals surface area (Å²) in [7, 11) is 0.